The Morgan fingerprint density at radius 3 is 2.65 bits per heavy atom. The Hall–Kier alpha value is -1.31. The third kappa shape index (κ3) is 2.51. The molecule has 1 aromatic carbocycles. The molecule has 0 bridgehead atoms. The number of rotatable bonds is 2. The maximum Gasteiger partial charge on any atom is 0.114 e. The largest absolute Gasteiger partial charge is 0.396 e. The smallest absolute Gasteiger partial charge is 0.114 e. The number of aryl methyl sites for hydroxylation is 1. The summed E-state index contributed by atoms with van der Waals surface area (Å²) in [7, 11) is 0. The van der Waals surface area contributed by atoms with Crippen molar-refractivity contribution in [2.45, 2.75) is 46.0 Å². The predicted octanol–water partition coefficient (Wildman–Crippen LogP) is 3.67. The molecule has 17 heavy (non-hydrogen) atoms. The lowest BCUT2D eigenvalue weighted by Gasteiger charge is -2.19. The minimum atomic E-state index is 0.217. The predicted molar refractivity (Wildman–Crippen MR) is 71.6 cm³/mol. The van der Waals surface area contributed by atoms with Crippen molar-refractivity contribution in [3.05, 3.63) is 34.9 Å². The third-order valence-electron chi connectivity index (χ3n) is 3.22. The summed E-state index contributed by atoms with van der Waals surface area (Å²) in [4.78, 5) is 5.16. The monoisotopic (exact) mass is 231 g/mol. The van der Waals surface area contributed by atoms with Crippen molar-refractivity contribution in [1.82, 2.24) is 0 Å². The second-order valence-corrected chi connectivity index (χ2v) is 5.58. The SMILES string of the molecule is CCO/N=C1\CCc2cc(C(C)(C)C)ccc21. The van der Waals surface area contributed by atoms with Gasteiger partial charge in [-0.15, -0.1) is 0 Å². The van der Waals surface area contributed by atoms with E-state index >= 15 is 0 Å². The minimum Gasteiger partial charge on any atom is -0.396 e. The maximum absolute atomic E-state index is 5.16. The van der Waals surface area contributed by atoms with Gasteiger partial charge in [0.05, 0.1) is 5.71 Å². The molecule has 2 heteroatoms. The molecule has 0 unspecified atom stereocenters. The van der Waals surface area contributed by atoms with Gasteiger partial charge < -0.3 is 4.84 Å². The van der Waals surface area contributed by atoms with Crippen LogP contribution in [0.25, 0.3) is 0 Å². The summed E-state index contributed by atoms with van der Waals surface area (Å²) in [5.74, 6) is 0. The van der Waals surface area contributed by atoms with Crippen LogP contribution in [-0.2, 0) is 16.7 Å². The fourth-order valence-corrected chi connectivity index (χ4v) is 2.17. The van der Waals surface area contributed by atoms with E-state index in [9.17, 15) is 0 Å². The molecule has 2 rings (SSSR count). The number of hydrogen-bond donors (Lipinski definition) is 0. The summed E-state index contributed by atoms with van der Waals surface area (Å²) in [5.41, 5.74) is 5.40. The first-order valence-corrected chi connectivity index (χ1v) is 6.35. The van der Waals surface area contributed by atoms with E-state index in [1.54, 1.807) is 0 Å². The molecule has 92 valence electrons. The van der Waals surface area contributed by atoms with Gasteiger partial charge in [0.15, 0.2) is 0 Å². The standard InChI is InChI=1S/C15H21NO/c1-5-17-16-14-9-6-11-10-12(15(2,3)4)7-8-13(11)14/h7-8,10H,5-6,9H2,1-4H3/b16-14+. The quantitative estimate of drug-likeness (QED) is 0.712. The fourth-order valence-electron chi connectivity index (χ4n) is 2.17. The van der Waals surface area contributed by atoms with E-state index in [1.807, 2.05) is 6.92 Å². The summed E-state index contributed by atoms with van der Waals surface area (Å²) in [6.07, 6.45) is 2.09. The lowest BCUT2D eigenvalue weighted by Crippen LogP contribution is -2.11. The average Bonchev–Trinajstić information content (AvgIpc) is 2.67. The zero-order chi connectivity index (χ0) is 12.5. The van der Waals surface area contributed by atoms with E-state index in [0.717, 1.165) is 18.6 Å². The number of hydrogen-bond acceptors (Lipinski definition) is 2. The summed E-state index contributed by atoms with van der Waals surface area (Å²) >= 11 is 0. The van der Waals surface area contributed by atoms with Gasteiger partial charge in [-0.25, -0.2) is 0 Å². The fraction of sp³-hybridized carbons (Fsp3) is 0.533. The summed E-state index contributed by atoms with van der Waals surface area (Å²) in [5, 5.41) is 4.19. The van der Waals surface area contributed by atoms with Gasteiger partial charge in [0.2, 0.25) is 0 Å². The van der Waals surface area contributed by atoms with Gasteiger partial charge in [0.1, 0.15) is 6.61 Å². The molecular formula is C15H21NO. The van der Waals surface area contributed by atoms with Crippen LogP contribution in [0.5, 0.6) is 0 Å². The van der Waals surface area contributed by atoms with Gasteiger partial charge in [-0.05, 0) is 36.3 Å². The normalized spacial score (nSPS) is 17.3. The highest BCUT2D eigenvalue weighted by atomic mass is 16.6. The van der Waals surface area contributed by atoms with E-state index in [-0.39, 0.29) is 5.41 Å². The van der Waals surface area contributed by atoms with Crippen LogP contribution in [0.1, 0.15) is 50.8 Å². The molecule has 0 heterocycles. The van der Waals surface area contributed by atoms with E-state index in [2.05, 4.69) is 44.1 Å². The molecule has 0 amide bonds. The molecule has 0 fully saturated rings. The molecule has 0 aliphatic heterocycles. The van der Waals surface area contributed by atoms with Crippen LogP contribution in [0.3, 0.4) is 0 Å². The average molecular weight is 231 g/mol. The first-order chi connectivity index (χ1) is 8.02. The zero-order valence-corrected chi connectivity index (χ0v) is 11.2. The molecule has 1 aliphatic carbocycles. The van der Waals surface area contributed by atoms with E-state index in [1.165, 1.54) is 16.7 Å². The Kier molecular flexibility index (Phi) is 3.23. The van der Waals surface area contributed by atoms with Crippen LogP contribution in [0.15, 0.2) is 23.4 Å². The van der Waals surface area contributed by atoms with Gasteiger partial charge in [-0.2, -0.15) is 0 Å². The van der Waals surface area contributed by atoms with Crippen LogP contribution in [-0.4, -0.2) is 12.3 Å². The molecule has 0 saturated carbocycles. The zero-order valence-electron chi connectivity index (χ0n) is 11.2. The minimum absolute atomic E-state index is 0.217. The van der Waals surface area contributed by atoms with Crippen molar-refractivity contribution in [1.29, 1.82) is 0 Å². The second kappa shape index (κ2) is 4.52. The van der Waals surface area contributed by atoms with Gasteiger partial charge in [-0.1, -0.05) is 44.1 Å². The lowest BCUT2D eigenvalue weighted by molar-refractivity contribution is 0.158. The van der Waals surface area contributed by atoms with Crippen LogP contribution in [0.4, 0.5) is 0 Å². The Morgan fingerprint density at radius 2 is 2.00 bits per heavy atom. The highest BCUT2D eigenvalue weighted by molar-refractivity contribution is 6.04. The summed E-state index contributed by atoms with van der Waals surface area (Å²) < 4.78 is 0. The highest BCUT2D eigenvalue weighted by Crippen LogP contribution is 2.29. The summed E-state index contributed by atoms with van der Waals surface area (Å²) in [6, 6.07) is 6.73. The molecule has 0 saturated heterocycles. The Morgan fingerprint density at radius 1 is 1.24 bits per heavy atom. The number of benzene rings is 1. The molecule has 0 aromatic heterocycles. The molecule has 0 atom stereocenters. The lowest BCUT2D eigenvalue weighted by atomic mass is 9.85. The van der Waals surface area contributed by atoms with Crippen molar-refractivity contribution in [3.63, 3.8) is 0 Å². The molecular weight excluding hydrogens is 210 g/mol. The maximum atomic E-state index is 5.16. The molecule has 0 radical (unpaired) electrons. The number of oxime groups is 1. The van der Waals surface area contributed by atoms with Crippen LogP contribution in [0, 0.1) is 0 Å². The molecule has 1 aromatic rings. The molecule has 1 aliphatic rings. The van der Waals surface area contributed by atoms with Gasteiger partial charge in [-0.3, -0.25) is 0 Å². The van der Waals surface area contributed by atoms with Crippen LogP contribution < -0.4 is 0 Å². The highest BCUT2D eigenvalue weighted by Gasteiger charge is 2.21. The third-order valence-corrected chi connectivity index (χ3v) is 3.22. The van der Waals surface area contributed by atoms with E-state index < -0.39 is 0 Å². The first-order valence-electron chi connectivity index (χ1n) is 6.35. The van der Waals surface area contributed by atoms with E-state index in [4.69, 9.17) is 4.84 Å². The topological polar surface area (TPSA) is 21.6 Å². The summed E-state index contributed by atoms with van der Waals surface area (Å²) in [6.45, 7) is 9.35. The van der Waals surface area contributed by atoms with Crippen molar-refractivity contribution in [3.8, 4) is 0 Å². The van der Waals surface area contributed by atoms with Crippen LogP contribution >= 0.6 is 0 Å². The van der Waals surface area contributed by atoms with E-state index in [0.29, 0.717) is 6.61 Å². The number of fused-ring (bicyclic) bond motifs is 1. The first kappa shape index (κ1) is 12.2. The Labute approximate surface area is 104 Å². The van der Waals surface area contributed by atoms with Crippen molar-refractivity contribution < 1.29 is 4.84 Å². The van der Waals surface area contributed by atoms with Gasteiger partial charge >= 0.3 is 0 Å². The number of nitrogens with zero attached hydrogens (tertiary/aromatic N) is 1. The van der Waals surface area contributed by atoms with Crippen molar-refractivity contribution >= 4 is 5.71 Å². The van der Waals surface area contributed by atoms with Gasteiger partial charge in [0, 0.05) is 5.56 Å². The second-order valence-electron chi connectivity index (χ2n) is 5.58. The van der Waals surface area contributed by atoms with Crippen LogP contribution in [0.2, 0.25) is 0 Å². The van der Waals surface area contributed by atoms with Gasteiger partial charge in [0.25, 0.3) is 0 Å². The Bertz CT molecular complexity index is 441. The van der Waals surface area contributed by atoms with Crippen molar-refractivity contribution in [2.75, 3.05) is 6.61 Å². The molecule has 0 spiro atoms. The molecule has 0 N–H and O–H groups in total. The van der Waals surface area contributed by atoms with Crippen molar-refractivity contribution in [2.24, 2.45) is 5.16 Å². The molecule has 2 nitrogen and oxygen atoms in total. The Balaban J connectivity index is 2.32.